The molecule has 1 aliphatic heterocycles. The number of quaternary nitrogens is 2. The van der Waals surface area contributed by atoms with Gasteiger partial charge in [-0.05, 0) is 6.07 Å². The van der Waals surface area contributed by atoms with Crippen molar-refractivity contribution in [2.45, 2.75) is 6.42 Å². The predicted octanol–water partition coefficient (Wildman–Crippen LogP) is 0.0878. The summed E-state index contributed by atoms with van der Waals surface area (Å²) in [6.45, 7) is 6.82. The van der Waals surface area contributed by atoms with Gasteiger partial charge in [-0.2, -0.15) is 0 Å². The van der Waals surface area contributed by atoms with Crippen molar-refractivity contribution in [3.63, 3.8) is 0 Å². The molecule has 124 valence electrons. The molecule has 0 radical (unpaired) electrons. The molecule has 0 atom stereocenters. The normalized spacial score (nSPS) is 21.5. The van der Waals surface area contributed by atoms with E-state index in [1.54, 1.807) is 9.80 Å². The molecular formula is C17H24ClN3OS+2. The number of fused-ring (bicyclic) bond motifs is 1. The van der Waals surface area contributed by atoms with E-state index in [4.69, 9.17) is 11.6 Å². The fourth-order valence-electron chi connectivity index (χ4n) is 3.06. The Morgan fingerprint density at radius 3 is 2.74 bits per heavy atom. The maximum atomic E-state index is 12.3. The Morgan fingerprint density at radius 1 is 1.26 bits per heavy atom. The minimum atomic E-state index is -0.0472. The maximum absolute atomic E-state index is 12.3. The molecule has 0 spiro atoms. The third-order valence-corrected chi connectivity index (χ3v) is 6.22. The molecule has 1 amide bonds. The largest absolute Gasteiger partial charge is 0.351 e. The first-order chi connectivity index (χ1) is 11.1. The van der Waals surface area contributed by atoms with Gasteiger partial charge >= 0.3 is 0 Å². The Bertz CT molecular complexity index is 680. The summed E-state index contributed by atoms with van der Waals surface area (Å²) in [6, 6.07) is 7.88. The van der Waals surface area contributed by atoms with E-state index >= 15 is 0 Å². The van der Waals surface area contributed by atoms with Crippen molar-refractivity contribution in [3.05, 3.63) is 34.2 Å². The molecule has 0 bridgehead atoms. The minimum absolute atomic E-state index is 0.0472. The summed E-state index contributed by atoms with van der Waals surface area (Å²) >= 11 is 7.81. The van der Waals surface area contributed by atoms with Gasteiger partial charge in [0.1, 0.15) is 31.1 Å². The van der Waals surface area contributed by atoms with E-state index < -0.39 is 0 Å². The lowest BCUT2D eigenvalue weighted by Gasteiger charge is -2.27. The van der Waals surface area contributed by atoms with Gasteiger partial charge in [0.05, 0.1) is 18.6 Å². The Morgan fingerprint density at radius 2 is 2.00 bits per heavy atom. The number of hydrogen-bond acceptors (Lipinski definition) is 2. The van der Waals surface area contributed by atoms with Crippen LogP contribution < -0.4 is 15.1 Å². The highest BCUT2D eigenvalue weighted by Gasteiger charge is 2.20. The average molecular weight is 354 g/mol. The topological polar surface area (TPSA) is 38.0 Å². The van der Waals surface area contributed by atoms with Crippen LogP contribution in [0.25, 0.3) is 10.1 Å². The SMILES string of the molecule is C[NH+]1CC[NH+](CCCNC(=O)c2sc3ccccc3c2Cl)CC1. The number of nitrogens with one attached hydrogen (secondary N) is 3. The molecule has 1 fully saturated rings. The lowest BCUT2D eigenvalue weighted by atomic mass is 10.2. The molecule has 1 aromatic carbocycles. The van der Waals surface area contributed by atoms with Crippen molar-refractivity contribution in [1.82, 2.24) is 5.32 Å². The summed E-state index contributed by atoms with van der Waals surface area (Å²) in [5, 5.41) is 4.56. The van der Waals surface area contributed by atoms with Crippen molar-refractivity contribution < 1.29 is 14.6 Å². The van der Waals surface area contributed by atoms with Crippen LogP contribution in [0.15, 0.2) is 24.3 Å². The van der Waals surface area contributed by atoms with Gasteiger partial charge in [0.25, 0.3) is 5.91 Å². The monoisotopic (exact) mass is 353 g/mol. The van der Waals surface area contributed by atoms with Gasteiger partial charge in [-0.15, -0.1) is 11.3 Å². The summed E-state index contributed by atoms with van der Waals surface area (Å²) in [5.74, 6) is -0.0472. The molecule has 1 aliphatic rings. The van der Waals surface area contributed by atoms with Crippen molar-refractivity contribution in [1.29, 1.82) is 0 Å². The van der Waals surface area contributed by atoms with Gasteiger partial charge in [-0.3, -0.25) is 4.79 Å². The molecule has 23 heavy (non-hydrogen) atoms. The summed E-state index contributed by atoms with van der Waals surface area (Å²) < 4.78 is 1.06. The summed E-state index contributed by atoms with van der Waals surface area (Å²) in [7, 11) is 2.26. The standard InChI is InChI=1S/C17H22ClN3OS/c1-20-9-11-21(12-10-20)8-4-7-19-17(22)16-15(18)13-5-2-3-6-14(13)23-16/h2-3,5-6H,4,7-12H2,1H3,(H,19,22)/p+2. The van der Waals surface area contributed by atoms with Gasteiger partial charge in [0.15, 0.2) is 0 Å². The average Bonchev–Trinajstić information content (AvgIpc) is 2.90. The van der Waals surface area contributed by atoms with Gasteiger partial charge in [0.2, 0.25) is 0 Å². The first kappa shape index (κ1) is 16.7. The zero-order chi connectivity index (χ0) is 16.2. The van der Waals surface area contributed by atoms with Gasteiger partial charge in [-0.25, -0.2) is 0 Å². The van der Waals surface area contributed by atoms with E-state index in [1.165, 1.54) is 37.5 Å². The van der Waals surface area contributed by atoms with Crippen LogP contribution in [0.2, 0.25) is 5.02 Å². The zero-order valence-corrected chi connectivity index (χ0v) is 15.0. The fraction of sp³-hybridized carbons (Fsp3) is 0.471. The Kier molecular flexibility index (Phi) is 5.54. The number of amides is 1. The number of carbonyl (C=O) groups excluding carboxylic acids is 1. The van der Waals surface area contributed by atoms with Crippen molar-refractivity contribution >= 4 is 38.9 Å². The molecule has 6 heteroatoms. The molecule has 4 nitrogen and oxygen atoms in total. The minimum Gasteiger partial charge on any atom is -0.351 e. The Hall–Kier alpha value is -1.14. The number of rotatable bonds is 5. The van der Waals surface area contributed by atoms with Crippen molar-refractivity contribution in [2.24, 2.45) is 0 Å². The quantitative estimate of drug-likeness (QED) is 0.655. The van der Waals surface area contributed by atoms with Gasteiger partial charge in [-0.1, -0.05) is 29.8 Å². The zero-order valence-electron chi connectivity index (χ0n) is 13.5. The van der Waals surface area contributed by atoms with E-state index in [0.717, 1.165) is 29.6 Å². The fourth-order valence-corrected chi connectivity index (χ4v) is 4.49. The smallest absolute Gasteiger partial charge is 0.262 e. The van der Waals surface area contributed by atoms with Crippen LogP contribution in [0.3, 0.4) is 0 Å². The number of benzene rings is 1. The van der Waals surface area contributed by atoms with E-state index in [1.807, 2.05) is 24.3 Å². The Labute approximate surface area is 146 Å². The van der Waals surface area contributed by atoms with Crippen molar-refractivity contribution in [3.8, 4) is 0 Å². The van der Waals surface area contributed by atoms with Crippen LogP contribution >= 0.6 is 22.9 Å². The van der Waals surface area contributed by atoms with Crippen LogP contribution in [0.1, 0.15) is 16.1 Å². The second kappa shape index (κ2) is 7.62. The number of likely N-dealkylation sites (N-methyl/N-ethyl adjacent to an activating group) is 1. The van der Waals surface area contributed by atoms with Crippen LogP contribution in [-0.4, -0.2) is 52.2 Å². The van der Waals surface area contributed by atoms with E-state index in [0.29, 0.717) is 9.90 Å². The third-order valence-electron chi connectivity index (χ3n) is 4.54. The number of piperazine rings is 1. The lowest BCUT2D eigenvalue weighted by molar-refractivity contribution is -1.00. The molecule has 1 saturated heterocycles. The molecule has 0 unspecified atom stereocenters. The van der Waals surface area contributed by atoms with E-state index in [2.05, 4.69) is 12.4 Å². The lowest BCUT2D eigenvalue weighted by Crippen LogP contribution is -3.27. The Balaban J connectivity index is 1.48. The van der Waals surface area contributed by atoms with E-state index in [9.17, 15) is 4.79 Å². The van der Waals surface area contributed by atoms with Crippen LogP contribution in [0, 0.1) is 0 Å². The maximum Gasteiger partial charge on any atom is 0.262 e. The second-order valence-electron chi connectivity index (χ2n) is 6.31. The van der Waals surface area contributed by atoms with Crippen LogP contribution in [-0.2, 0) is 0 Å². The molecule has 3 rings (SSSR count). The van der Waals surface area contributed by atoms with Gasteiger partial charge in [0, 0.05) is 23.1 Å². The highest BCUT2D eigenvalue weighted by Crippen LogP contribution is 2.34. The first-order valence-electron chi connectivity index (χ1n) is 8.25. The first-order valence-corrected chi connectivity index (χ1v) is 9.44. The summed E-state index contributed by atoms with van der Waals surface area (Å²) in [6.07, 6.45) is 1.02. The summed E-state index contributed by atoms with van der Waals surface area (Å²) in [4.78, 5) is 16.2. The number of hydrogen-bond donors (Lipinski definition) is 3. The van der Waals surface area contributed by atoms with Crippen LogP contribution in [0.5, 0.6) is 0 Å². The number of halogens is 1. The number of carbonyl (C=O) groups is 1. The van der Waals surface area contributed by atoms with Gasteiger partial charge < -0.3 is 15.1 Å². The molecule has 3 N–H and O–H groups in total. The van der Waals surface area contributed by atoms with Crippen molar-refractivity contribution in [2.75, 3.05) is 46.3 Å². The van der Waals surface area contributed by atoms with Crippen LogP contribution in [0.4, 0.5) is 0 Å². The molecule has 1 aromatic heterocycles. The molecule has 2 aromatic rings. The predicted molar refractivity (Wildman–Crippen MR) is 96.0 cm³/mol. The summed E-state index contributed by atoms with van der Waals surface area (Å²) in [5.41, 5.74) is 0. The highest BCUT2D eigenvalue weighted by atomic mass is 35.5. The molecule has 0 saturated carbocycles. The van der Waals surface area contributed by atoms with E-state index in [-0.39, 0.29) is 5.91 Å². The second-order valence-corrected chi connectivity index (χ2v) is 7.74. The molecular weight excluding hydrogens is 330 g/mol. The number of thiophene rings is 1. The third kappa shape index (κ3) is 4.04. The molecule has 2 heterocycles. The molecule has 0 aliphatic carbocycles. The highest BCUT2D eigenvalue weighted by molar-refractivity contribution is 7.21.